The summed E-state index contributed by atoms with van der Waals surface area (Å²) in [6, 6.07) is 1.64. The number of piperazine rings is 1. The van der Waals surface area contributed by atoms with Crippen LogP contribution in [0.1, 0.15) is 12.5 Å². The zero-order valence-corrected chi connectivity index (χ0v) is 18.5. The molecule has 2 fully saturated rings. The second kappa shape index (κ2) is 8.72. The SMILES string of the molecule is C[C@@H]1CO[C@H]2CN3C=C(C(=O)NCc4ccc(F)cc4F)C(=O)C(O)C3C(=O)N12.[Na]. The summed E-state index contributed by atoms with van der Waals surface area (Å²) in [4.78, 5) is 40.7. The number of nitrogens with one attached hydrogen (secondary N) is 1. The van der Waals surface area contributed by atoms with E-state index in [-0.39, 0.29) is 59.8 Å². The number of carbonyl (C=O) groups is 3. The smallest absolute Gasteiger partial charge is 0.256 e. The van der Waals surface area contributed by atoms with Gasteiger partial charge in [-0.15, -0.1) is 0 Å². The van der Waals surface area contributed by atoms with Crippen molar-refractivity contribution in [3.05, 3.63) is 47.2 Å². The van der Waals surface area contributed by atoms with Gasteiger partial charge in [-0.3, -0.25) is 14.4 Å². The molecule has 1 radical (unpaired) electrons. The molecule has 2 unspecified atom stereocenters. The maximum atomic E-state index is 13.7. The first-order valence-corrected chi connectivity index (χ1v) is 9.13. The van der Waals surface area contributed by atoms with Gasteiger partial charge in [0.15, 0.2) is 0 Å². The van der Waals surface area contributed by atoms with E-state index in [1.54, 1.807) is 0 Å². The van der Waals surface area contributed by atoms with Gasteiger partial charge >= 0.3 is 0 Å². The summed E-state index contributed by atoms with van der Waals surface area (Å²) in [6.45, 7) is 2.09. The number of aliphatic hydroxyl groups is 1. The fourth-order valence-corrected chi connectivity index (χ4v) is 3.87. The van der Waals surface area contributed by atoms with Crippen LogP contribution in [0.25, 0.3) is 0 Å². The third-order valence-electron chi connectivity index (χ3n) is 5.37. The van der Waals surface area contributed by atoms with Crippen LogP contribution in [0.4, 0.5) is 8.78 Å². The topological polar surface area (TPSA) is 99.2 Å². The Hall–Kier alpha value is -1.85. The van der Waals surface area contributed by atoms with Crippen molar-refractivity contribution in [2.75, 3.05) is 13.2 Å². The van der Waals surface area contributed by atoms with Gasteiger partial charge in [0.2, 0.25) is 5.78 Å². The summed E-state index contributed by atoms with van der Waals surface area (Å²) in [5.41, 5.74) is -0.303. The number of amides is 2. The van der Waals surface area contributed by atoms with Crippen molar-refractivity contribution in [2.45, 2.75) is 37.9 Å². The number of benzene rings is 1. The molecule has 4 atom stereocenters. The maximum Gasteiger partial charge on any atom is 0.256 e. The van der Waals surface area contributed by atoms with E-state index >= 15 is 0 Å². The Labute approximate surface area is 193 Å². The van der Waals surface area contributed by atoms with Crippen molar-refractivity contribution >= 4 is 47.2 Å². The molecule has 155 valence electrons. The Bertz CT molecular complexity index is 927. The van der Waals surface area contributed by atoms with Gasteiger partial charge in [0.25, 0.3) is 11.8 Å². The van der Waals surface area contributed by atoms with Crippen LogP contribution in [-0.2, 0) is 25.7 Å². The van der Waals surface area contributed by atoms with Gasteiger partial charge in [-0.25, -0.2) is 8.78 Å². The fourth-order valence-electron chi connectivity index (χ4n) is 3.87. The minimum absolute atomic E-state index is 0. The van der Waals surface area contributed by atoms with Crippen LogP contribution in [0.5, 0.6) is 0 Å². The average molecular weight is 430 g/mol. The number of halogens is 2. The van der Waals surface area contributed by atoms with Crippen molar-refractivity contribution in [2.24, 2.45) is 0 Å². The minimum Gasteiger partial charge on any atom is -0.382 e. The molecule has 0 aliphatic carbocycles. The largest absolute Gasteiger partial charge is 0.382 e. The van der Waals surface area contributed by atoms with E-state index in [4.69, 9.17) is 4.74 Å². The second-order valence-corrected chi connectivity index (χ2v) is 7.29. The molecule has 1 aromatic rings. The molecule has 4 rings (SSSR count). The van der Waals surface area contributed by atoms with E-state index in [2.05, 4.69) is 5.32 Å². The number of hydrogen-bond donors (Lipinski definition) is 2. The first kappa shape index (κ1) is 22.8. The number of ketones is 1. The summed E-state index contributed by atoms with van der Waals surface area (Å²) in [6.07, 6.45) is -0.995. The van der Waals surface area contributed by atoms with E-state index < -0.39 is 47.6 Å². The van der Waals surface area contributed by atoms with Gasteiger partial charge in [-0.2, -0.15) is 0 Å². The van der Waals surface area contributed by atoms with Crippen LogP contribution >= 0.6 is 0 Å². The molecule has 0 aromatic heterocycles. The molecule has 3 aliphatic heterocycles. The fraction of sp³-hybridized carbons (Fsp3) is 0.421. The second-order valence-electron chi connectivity index (χ2n) is 7.29. The molecule has 11 heteroatoms. The molecule has 2 amide bonds. The summed E-state index contributed by atoms with van der Waals surface area (Å²) < 4.78 is 32.3. The zero-order chi connectivity index (χ0) is 20.9. The molecule has 30 heavy (non-hydrogen) atoms. The summed E-state index contributed by atoms with van der Waals surface area (Å²) >= 11 is 0. The third kappa shape index (κ3) is 3.90. The molecule has 3 heterocycles. The first-order valence-electron chi connectivity index (χ1n) is 9.13. The number of hydrogen-bond acceptors (Lipinski definition) is 6. The Morgan fingerprint density at radius 3 is 2.77 bits per heavy atom. The third-order valence-corrected chi connectivity index (χ3v) is 5.37. The normalized spacial score (nSPS) is 27.8. The van der Waals surface area contributed by atoms with Crippen LogP contribution in [0.3, 0.4) is 0 Å². The molecule has 0 bridgehead atoms. The standard InChI is InChI=1S/C19H19F2N3O5.Na/c1-9-8-29-14-7-23-6-12(16(25)17(26)15(23)19(28)24(9)14)18(27)22-5-10-2-3-11(20)4-13(10)21;/h2-4,6,9,14-15,17,26H,5,7-8H2,1H3,(H,22,27);/t9-,14+,15?,17?;/m1./s1. The molecule has 2 saturated heterocycles. The predicted molar refractivity (Wildman–Crippen MR) is 99.6 cm³/mol. The number of rotatable bonds is 3. The van der Waals surface area contributed by atoms with Gasteiger partial charge in [-0.05, 0) is 13.0 Å². The van der Waals surface area contributed by atoms with Crippen molar-refractivity contribution < 1.29 is 33.0 Å². The number of fused-ring (bicyclic) bond motifs is 2. The van der Waals surface area contributed by atoms with Gasteiger partial charge in [0.1, 0.15) is 35.6 Å². The zero-order valence-electron chi connectivity index (χ0n) is 16.5. The van der Waals surface area contributed by atoms with Crippen LogP contribution in [0.2, 0.25) is 0 Å². The molecule has 8 nitrogen and oxygen atoms in total. The van der Waals surface area contributed by atoms with Gasteiger partial charge in [0.05, 0.1) is 19.2 Å². The molecule has 0 spiro atoms. The number of ether oxygens (including phenoxy) is 1. The van der Waals surface area contributed by atoms with Crippen molar-refractivity contribution in [3.8, 4) is 0 Å². The van der Waals surface area contributed by atoms with Crippen LogP contribution in [0, 0.1) is 11.6 Å². The molecular formula is C19H19F2N3NaO5. The van der Waals surface area contributed by atoms with E-state index in [1.807, 2.05) is 6.92 Å². The number of aliphatic hydroxyl groups excluding tert-OH is 1. The average Bonchev–Trinajstić information content (AvgIpc) is 3.04. The quantitative estimate of drug-likeness (QED) is 0.486. The molecular weight excluding hydrogens is 411 g/mol. The summed E-state index contributed by atoms with van der Waals surface area (Å²) in [5, 5.41) is 12.8. The number of nitrogens with zero attached hydrogens (tertiary/aromatic N) is 2. The van der Waals surface area contributed by atoms with E-state index in [9.17, 15) is 28.3 Å². The summed E-state index contributed by atoms with van der Waals surface area (Å²) in [5.74, 6) is -3.72. The van der Waals surface area contributed by atoms with Crippen molar-refractivity contribution in [1.29, 1.82) is 0 Å². The van der Waals surface area contributed by atoms with Crippen LogP contribution < -0.4 is 5.32 Å². The summed E-state index contributed by atoms with van der Waals surface area (Å²) in [7, 11) is 0. The molecule has 3 aliphatic rings. The monoisotopic (exact) mass is 430 g/mol. The molecule has 0 saturated carbocycles. The van der Waals surface area contributed by atoms with Crippen LogP contribution in [0.15, 0.2) is 30.0 Å². The Morgan fingerprint density at radius 2 is 2.07 bits per heavy atom. The van der Waals surface area contributed by atoms with Crippen LogP contribution in [-0.4, -0.2) is 99.6 Å². The van der Waals surface area contributed by atoms with Crippen molar-refractivity contribution in [1.82, 2.24) is 15.1 Å². The first-order chi connectivity index (χ1) is 13.8. The number of carbonyl (C=O) groups excluding carboxylic acids is 3. The minimum atomic E-state index is -1.70. The van der Waals surface area contributed by atoms with Gasteiger partial charge in [0, 0.05) is 53.9 Å². The number of Topliss-reactive ketones (excluding diaryl/α,β-unsaturated/α-hetero) is 1. The predicted octanol–water partition coefficient (Wildman–Crippen LogP) is -0.715. The molecule has 1 aromatic carbocycles. The van der Waals surface area contributed by atoms with Gasteiger partial charge in [-0.1, -0.05) is 6.07 Å². The Balaban J connectivity index is 0.00000256. The maximum absolute atomic E-state index is 13.7. The van der Waals surface area contributed by atoms with Crippen molar-refractivity contribution in [3.63, 3.8) is 0 Å². The Kier molecular flexibility index (Phi) is 6.63. The molecule has 2 N–H and O–H groups in total. The van der Waals surface area contributed by atoms with E-state index in [1.165, 1.54) is 22.1 Å². The van der Waals surface area contributed by atoms with E-state index in [0.29, 0.717) is 12.7 Å². The Morgan fingerprint density at radius 1 is 1.33 bits per heavy atom. The van der Waals surface area contributed by atoms with Gasteiger partial charge < -0.3 is 25.0 Å². The van der Waals surface area contributed by atoms with E-state index in [0.717, 1.165) is 6.07 Å².